The van der Waals surface area contributed by atoms with Gasteiger partial charge in [-0.1, -0.05) is 0 Å². The number of nitrogens with one attached hydrogen (secondary N) is 1. The van der Waals surface area contributed by atoms with Gasteiger partial charge < -0.3 is 10.1 Å². The first kappa shape index (κ1) is 20.2. The van der Waals surface area contributed by atoms with E-state index >= 15 is 0 Å². The van der Waals surface area contributed by atoms with E-state index in [1.165, 1.54) is 44.4 Å². The number of rotatable bonds is 5. The van der Waals surface area contributed by atoms with E-state index in [2.05, 4.69) is 5.32 Å². The summed E-state index contributed by atoms with van der Waals surface area (Å²) in [5.41, 5.74) is 0.188. The molecular formula is C20H14N4O6. The molecule has 1 heterocycles. The van der Waals surface area contributed by atoms with Gasteiger partial charge in [0.15, 0.2) is 0 Å². The zero-order chi connectivity index (χ0) is 22.0. The molecule has 0 saturated heterocycles. The minimum Gasteiger partial charge on any atom is -0.495 e. The van der Waals surface area contributed by atoms with E-state index in [0.717, 1.165) is 17.0 Å². The molecule has 10 nitrogen and oxygen atoms in total. The number of methoxy groups -OCH3 is 1. The lowest BCUT2D eigenvalue weighted by Crippen LogP contribution is -2.27. The number of ether oxygens (including phenoxy) is 1. The van der Waals surface area contributed by atoms with Gasteiger partial charge in [0.1, 0.15) is 5.75 Å². The number of fused-ring (bicyclic) bond motifs is 1. The summed E-state index contributed by atoms with van der Waals surface area (Å²) in [6.07, 6.45) is 1.07. The van der Waals surface area contributed by atoms with Crippen LogP contribution in [0.15, 0.2) is 48.2 Å². The lowest BCUT2D eigenvalue weighted by atomic mass is 10.1. The van der Waals surface area contributed by atoms with Crippen molar-refractivity contribution in [2.75, 3.05) is 12.4 Å². The Kier molecular flexibility index (Phi) is 5.29. The van der Waals surface area contributed by atoms with Crippen LogP contribution in [0.25, 0.3) is 0 Å². The largest absolute Gasteiger partial charge is 0.495 e. The smallest absolute Gasteiger partial charge is 0.271 e. The van der Waals surface area contributed by atoms with Crippen LogP contribution in [0.3, 0.4) is 0 Å². The molecule has 0 atom stereocenters. The van der Waals surface area contributed by atoms with Crippen molar-refractivity contribution in [3.05, 3.63) is 75.0 Å². The first-order valence-corrected chi connectivity index (χ1v) is 8.51. The molecule has 3 amide bonds. The second kappa shape index (κ2) is 7.84. The first-order valence-electron chi connectivity index (χ1n) is 8.51. The van der Waals surface area contributed by atoms with E-state index in [1.807, 2.05) is 0 Å². The maximum Gasteiger partial charge on any atom is 0.271 e. The van der Waals surface area contributed by atoms with E-state index in [9.17, 15) is 24.5 Å². The van der Waals surface area contributed by atoms with Gasteiger partial charge in [-0.3, -0.25) is 24.5 Å². The molecule has 30 heavy (non-hydrogen) atoms. The highest BCUT2D eigenvalue weighted by molar-refractivity contribution is 6.23. The fourth-order valence-corrected chi connectivity index (χ4v) is 2.96. The molecule has 0 aromatic heterocycles. The second-order valence-electron chi connectivity index (χ2n) is 6.22. The van der Waals surface area contributed by atoms with Crippen LogP contribution < -0.4 is 10.1 Å². The Morgan fingerprint density at radius 3 is 2.53 bits per heavy atom. The number of non-ortho nitro benzene ring substituents is 1. The summed E-state index contributed by atoms with van der Waals surface area (Å²) in [6.45, 7) is 1.45. The highest BCUT2D eigenvalue weighted by Gasteiger charge is 2.37. The number of nitro benzene ring substituents is 1. The molecule has 0 fully saturated rings. The summed E-state index contributed by atoms with van der Waals surface area (Å²) in [6, 6.07) is 9.45. The third-order valence-electron chi connectivity index (χ3n) is 4.42. The highest BCUT2D eigenvalue weighted by atomic mass is 16.6. The van der Waals surface area contributed by atoms with Crippen LogP contribution in [0.2, 0.25) is 0 Å². The molecule has 1 N–H and O–H groups in total. The molecule has 2 aromatic rings. The molecule has 2 aromatic carbocycles. The van der Waals surface area contributed by atoms with Gasteiger partial charge in [-0.15, -0.1) is 0 Å². The standard InChI is InChI=1S/C20H14N4O6/c1-11(7-8-21)23-19(26)14-5-3-12(9-15(14)20(23)27)18(25)22-16-10-13(24(28)29)4-6-17(16)30-2/h3-7,9-10H,1-2H3,(H,22,25)/b11-7+. The van der Waals surface area contributed by atoms with Crippen LogP contribution in [0.4, 0.5) is 11.4 Å². The lowest BCUT2D eigenvalue weighted by Gasteiger charge is -2.12. The number of anilines is 1. The summed E-state index contributed by atoms with van der Waals surface area (Å²) in [5.74, 6) is -1.68. The van der Waals surface area contributed by atoms with E-state index in [0.29, 0.717) is 0 Å². The number of nitriles is 1. The van der Waals surface area contributed by atoms with Crippen molar-refractivity contribution in [2.45, 2.75) is 6.92 Å². The quantitative estimate of drug-likeness (QED) is 0.348. The van der Waals surface area contributed by atoms with E-state index in [-0.39, 0.29) is 39.5 Å². The third kappa shape index (κ3) is 3.47. The van der Waals surface area contributed by atoms with Crippen LogP contribution in [0.5, 0.6) is 5.75 Å². The van der Waals surface area contributed by atoms with E-state index in [4.69, 9.17) is 10.00 Å². The number of nitrogens with zero attached hydrogens (tertiary/aromatic N) is 3. The normalized spacial score (nSPS) is 13.0. The van der Waals surface area contributed by atoms with Gasteiger partial charge in [0.2, 0.25) is 0 Å². The van der Waals surface area contributed by atoms with Crippen molar-refractivity contribution in [1.82, 2.24) is 4.90 Å². The molecule has 0 aliphatic carbocycles. The lowest BCUT2D eigenvalue weighted by molar-refractivity contribution is -0.384. The molecule has 0 saturated carbocycles. The van der Waals surface area contributed by atoms with E-state index < -0.39 is 22.6 Å². The van der Waals surface area contributed by atoms with Gasteiger partial charge in [0.25, 0.3) is 23.4 Å². The molecule has 150 valence electrons. The van der Waals surface area contributed by atoms with Crippen LogP contribution >= 0.6 is 0 Å². The number of nitro groups is 1. The summed E-state index contributed by atoms with van der Waals surface area (Å²) in [4.78, 5) is 49.0. The average Bonchev–Trinajstić information content (AvgIpc) is 2.97. The number of hydrogen-bond acceptors (Lipinski definition) is 7. The number of amides is 3. The molecule has 0 radical (unpaired) electrons. The monoisotopic (exact) mass is 406 g/mol. The maximum absolute atomic E-state index is 12.7. The Bertz CT molecular complexity index is 1180. The number of benzene rings is 2. The fourth-order valence-electron chi connectivity index (χ4n) is 2.96. The summed E-state index contributed by atoms with van der Waals surface area (Å²) >= 11 is 0. The minimum absolute atomic E-state index is 0.0179. The first-order chi connectivity index (χ1) is 14.3. The van der Waals surface area contributed by atoms with Gasteiger partial charge in [-0.25, -0.2) is 4.90 Å². The number of carbonyl (C=O) groups is 3. The predicted octanol–water partition coefficient (Wildman–Crippen LogP) is 2.88. The number of allylic oxidation sites excluding steroid dienone is 2. The van der Waals surface area contributed by atoms with Gasteiger partial charge in [-0.2, -0.15) is 5.26 Å². The van der Waals surface area contributed by atoms with Crippen LogP contribution in [0.1, 0.15) is 38.0 Å². The molecule has 3 rings (SSSR count). The van der Waals surface area contributed by atoms with Crippen molar-refractivity contribution in [2.24, 2.45) is 0 Å². The summed E-state index contributed by atoms with van der Waals surface area (Å²) < 4.78 is 5.11. The number of imide groups is 1. The minimum atomic E-state index is -0.653. The predicted molar refractivity (Wildman–Crippen MR) is 104 cm³/mol. The molecule has 0 spiro atoms. The fraction of sp³-hybridized carbons (Fsp3) is 0.100. The molecule has 0 unspecified atom stereocenters. The van der Waals surface area contributed by atoms with Gasteiger partial charge >= 0.3 is 0 Å². The van der Waals surface area contributed by atoms with Gasteiger partial charge in [-0.05, 0) is 31.2 Å². The number of carbonyl (C=O) groups excluding carboxylic acids is 3. The molecule has 0 bridgehead atoms. The Hall–Kier alpha value is -4.52. The van der Waals surface area contributed by atoms with Gasteiger partial charge in [0.05, 0.1) is 34.9 Å². The third-order valence-corrected chi connectivity index (χ3v) is 4.42. The zero-order valence-corrected chi connectivity index (χ0v) is 15.8. The Balaban J connectivity index is 1.93. The van der Waals surface area contributed by atoms with Crippen molar-refractivity contribution in [3.63, 3.8) is 0 Å². The Morgan fingerprint density at radius 2 is 1.90 bits per heavy atom. The van der Waals surface area contributed by atoms with Crippen molar-refractivity contribution >= 4 is 29.1 Å². The van der Waals surface area contributed by atoms with Crippen LogP contribution in [0, 0.1) is 21.4 Å². The van der Waals surface area contributed by atoms with Crippen molar-refractivity contribution < 1.29 is 24.0 Å². The second-order valence-corrected chi connectivity index (χ2v) is 6.22. The Labute approximate surface area is 170 Å². The topological polar surface area (TPSA) is 143 Å². The van der Waals surface area contributed by atoms with Gasteiger partial charge in [0, 0.05) is 29.5 Å². The Morgan fingerprint density at radius 1 is 1.20 bits per heavy atom. The SMILES string of the molecule is COc1ccc([N+](=O)[O-])cc1NC(=O)c1ccc2c(c1)C(=O)N(/C(C)=C/C#N)C2=O. The molecule has 10 heteroatoms. The molecule has 1 aliphatic rings. The van der Waals surface area contributed by atoms with Crippen molar-refractivity contribution in [3.8, 4) is 11.8 Å². The average molecular weight is 406 g/mol. The number of hydrogen-bond donors (Lipinski definition) is 1. The van der Waals surface area contributed by atoms with Crippen molar-refractivity contribution in [1.29, 1.82) is 5.26 Å². The summed E-state index contributed by atoms with van der Waals surface area (Å²) in [5, 5.41) is 22.3. The molecular weight excluding hydrogens is 392 g/mol. The van der Waals surface area contributed by atoms with E-state index in [1.54, 1.807) is 6.07 Å². The zero-order valence-electron chi connectivity index (χ0n) is 15.8. The van der Waals surface area contributed by atoms with Crippen LogP contribution in [-0.4, -0.2) is 34.7 Å². The maximum atomic E-state index is 12.7. The summed E-state index contributed by atoms with van der Waals surface area (Å²) in [7, 11) is 1.35. The molecule has 1 aliphatic heterocycles. The van der Waals surface area contributed by atoms with Crippen LogP contribution in [-0.2, 0) is 0 Å². The highest BCUT2D eigenvalue weighted by Crippen LogP contribution is 2.30.